The molecule has 1 saturated carbocycles. The number of hydrogen-bond donors (Lipinski definition) is 4. The van der Waals surface area contributed by atoms with Crippen molar-refractivity contribution in [3.8, 4) is 11.6 Å². The molecule has 4 rings (SSSR count). The quantitative estimate of drug-likeness (QED) is 0.216. The molecule has 1 fully saturated rings. The number of carbonyl (C=O) groups is 2. The van der Waals surface area contributed by atoms with Gasteiger partial charge in [0.2, 0.25) is 5.88 Å². The number of pyridine rings is 2. The van der Waals surface area contributed by atoms with Gasteiger partial charge in [-0.3, -0.25) is 4.79 Å². The van der Waals surface area contributed by atoms with Gasteiger partial charge >= 0.3 is 6.09 Å². The van der Waals surface area contributed by atoms with Crippen LogP contribution in [0.1, 0.15) is 50.9 Å². The zero-order valence-electron chi connectivity index (χ0n) is 24.2. The smallest absolute Gasteiger partial charge is 0.407 e. The van der Waals surface area contributed by atoms with Crippen molar-refractivity contribution < 1.29 is 28.2 Å². The van der Waals surface area contributed by atoms with Crippen LogP contribution in [0.3, 0.4) is 0 Å². The van der Waals surface area contributed by atoms with Crippen molar-refractivity contribution in [3.05, 3.63) is 42.1 Å². The van der Waals surface area contributed by atoms with Crippen LogP contribution >= 0.6 is 0 Å². The number of primary amides is 1. The molecule has 2 amide bonds. The van der Waals surface area contributed by atoms with Gasteiger partial charge in [-0.25, -0.2) is 19.2 Å². The van der Waals surface area contributed by atoms with Crippen LogP contribution in [0.2, 0.25) is 0 Å². The lowest BCUT2D eigenvalue weighted by Gasteiger charge is -2.28. The topological polar surface area (TPSA) is 180 Å². The fourth-order valence-corrected chi connectivity index (χ4v) is 4.18. The van der Waals surface area contributed by atoms with E-state index >= 15 is 4.39 Å². The number of nitrogens with one attached hydrogen (secondary N) is 3. The maximum atomic E-state index is 15.2. The highest BCUT2D eigenvalue weighted by Crippen LogP contribution is 2.36. The monoisotopic (exact) mass is 585 g/mol. The molecule has 1 aliphatic rings. The Morgan fingerprint density at radius 1 is 1.17 bits per heavy atom. The highest BCUT2D eigenvalue weighted by Gasteiger charge is 2.37. The van der Waals surface area contributed by atoms with Crippen molar-refractivity contribution in [3.63, 3.8) is 0 Å². The summed E-state index contributed by atoms with van der Waals surface area (Å²) in [6.07, 6.45) is 5.68. The number of nitrogens with zero attached hydrogens (tertiary/aromatic N) is 5. The van der Waals surface area contributed by atoms with E-state index < -0.39 is 29.5 Å². The van der Waals surface area contributed by atoms with Crippen molar-refractivity contribution in [1.82, 2.24) is 30.3 Å². The van der Waals surface area contributed by atoms with Crippen LogP contribution in [0.4, 0.5) is 26.5 Å². The first-order chi connectivity index (χ1) is 19.9. The highest BCUT2D eigenvalue weighted by atomic mass is 19.1. The number of ether oxygens (including phenoxy) is 3. The van der Waals surface area contributed by atoms with Crippen LogP contribution in [0, 0.1) is 11.7 Å². The molecule has 3 heterocycles. The summed E-state index contributed by atoms with van der Waals surface area (Å²) in [5.41, 5.74) is 5.51. The van der Waals surface area contributed by atoms with Crippen LogP contribution in [-0.4, -0.2) is 75.0 Å². The SMILES string of the molecule is COCCOc1ncc(Nc2nc(NC(C3CC3)[C@H](C)NC(=O)OC(C)(C)C)c(F)cc2C(N)=O)cc1-n1nccn1. The fourth-order valence-electron chi connectivity index (χ4n) is 4.18. The van der Waals surface area contributed by atoms with Crippen LogP contribution in [0.25, 0.3) is 5.69 Å². The molecule has 0 radical (unpaired) electrons. The average molecular weight is 586 g/mol. The number of hydrogen-bond acceptors (Lipinski definition) is 11. The second-order valence-electron chi connectivity index (χ2n) is 10.9. The fraction of sp³-hybridized carbons (Fsp3) is 0.481. The first-order valence-electron chi connectivity index (χ1n) is 13.5. The predicted octanol–water partition coefficient (Wildman–Crippen LogP) is 3.17. The lowest BCUT2D eigenvalue weighted by molar-refractivity contribution is 0.0501. The minimum absolute atomic E-state index is 0.00271. The van der Waals surface area contributed by atoms with Gasteiger partial charge in [0, 0.05) is 13.2 Å². The van der Waals surface area contributed by atoms with Crippen molar-refractivity contribution in [2.45, 2.75) is 58.2 Å². The third kappa shape index (κ3) is 8.02. The summed E-state index contributed by atoms with van der Waals surface area (Å²) in [5.74, 6) is -1.33. The molecule has 1 aliphatic carbocycles. The zero-order valence-corrected chi connectivity index (χ0v) is 24.2. The molecule has 2 atom stereocenters. The van der Waals surface area contributed by atoms with Gasteiger partial charge in [0.15, 0.2) is 11.6 Å². The summed E-state index contributed by atoms with van der Waals surface area (Å²) in [7, 11) is 1.56. The van der Waals surface area contributed by atoms with Crippen molar-refractivity contribution in [2.24, 2.45) is 11.7 Å². The van der Waals surface area contributed by atoms with E-state index in [0.29, 0.717) is 18.0 Å². The summed E-state index contributed by atoms with van der Waals surface area (Å²) < 4.78 is 31.3. The maximum absolute atomic E-state index is 15.2. The van der Waals surface area contributed by atoms with Gasteiger partial charge in [0.05, 0.1) is 42.5 Å². The first-order valence-corrected chi connectivity index (χ1v) is 13.5. The largest absolute Gasteiger partial charge is 0.474 e. The Kier molecular flexibility index (Phi) is 9.40. The number of anilines is 3. The Hall–Kier alpha value is -4.53. The van der Waals surface area contributed by atoms with Crippen LogP contribution in [-0.2, 0) is 9.47 Å². The molecule has 3 aromatic heterocycles. The lowest BCUT2D eigenvalue weighted by atomic mass is 10.0. The van der Waals surface area contributed by atoms with Gasteiger partial charge in [-0.05, 0) is 58.6 Å². The molecule has 42 heavy (non-hydrogen) atoms. The Labute approximate surface area is 242 Å². The number of rotatable bonds is 13. The van der Waals surface area contributed by atoms with Crippen molar-refractivity contribution in [1.29, 1.82) is 0 Å². The number of nitrogens with two attached hydrogens (primary N) is 1. The van der Waals surface area contributed by atoms with E-state index in [9.17, 15) is 9.59 Å². The van der Waals surface area contributed by atoms with Crippen LogP contribution < -0.4 is 26.4 Å². The van der Waals surface area contributed by atoms with Gasteiger partial charge in [-0.2, -0.15) is 10.2 Å². The Balaban J connectivity index is 1.61. The number of alkyl carbamates (subject to hydrolysis) is 1. The standard InChI is InChI=1S/C27H36FN9O5/c1-15(33-26(39)42-27(2,3)4)21(16-6-7-16)35-24-19(28)13-18(22(29)38)23(36-24)34-17-12-20(37-31-8-9-32-37)25(30-14-17)41-11-10-40-5/h8-9,12-16,21H,6-7,10-11H2,1-5H3,(H2,29,38)(H,33,39)(H2,34,35,36)/t15-,21?/m0/s1. The van der Waals surface area contributed by atoms with Gasteiger partial charge < -0.3 is 35.9 Å². The van der Waals surface area contributed by atoms with E-state index in [-0.39, 0.29) is 41.6 Å². The molecule has 15 heteroatoms. The maximum Gasteiger partial charge on any atom is 0.407 e. The minimum atomic E-state index is -0.879. The summed E-state index contributed by atoms with van der Waals surface area (Å²) in [4.78, 5) is 34.7. The average Bonchev–Trinajstić information content (AvgIpc) is 3.60. The van der Waals surface area contributed by atoms with E-state index in [2.05, 4.69) is 36.1 Å². The second-order valence-corrected chi connectivity index (χ2v) is 10.9. The van der Waals surface area contributed by atoms with E-state index in [4.69, 9.17) is 19.9 Å². The van der Waals surface area contributed by atoms with Gasteiger partial charge in [-0.1, -0.05) is 0 Å². The van der Waals surface area contributed by atoms with Gasteiger partial charge in [0.25, 0.3) is 5.91 Å². The molecule has 5 N–H and O–H groups in total. The number of carbonyl (C=O) groups excluding carboxylic acids is 2. The Bertz CT molecular complexity index is 1390. The number of amides is 2. The lowest BCUT2D eigenvalue weighted by Crippen LogP contribution is -2.47. The molecule has 14 nitrogen and oxygen atoms in total. The molecule has 3 aromatic rings. The molecule has 0 aliphatic heterocycles. The Morgan fingerprint density at radius 3 is 2.50 bits per heavy atom. The Morgan fingerprint density at radius 2 is 1.88 bits per heavy atom. The van der Waals surface area contributed by atoms with E-state index in [1.54, 1.807) is 33.9 Å². The number of halogens is 1. The number of aromatic nitrogens is 5. The second kappa shape index (κ2) is 13.0. The van der Waals surface area contributed by atoms with E-state index in [1.807, 2.05) is 6.92 Å². The van der Waals surface area contributed by atoms with Crippen molar-refractivity contribution in [2.75, 3.05) is 31.0 Å². The molecular weight excluding hydrogens is 549 g/mol. The summed E-state index contributed by atoms with van der Waals surface area (Å²) in [6.45, 7) is 7.71. The van der Waals surface area contributed by atoms with E-state index in [0.717, 1.165) is 18.9 Å². The summed E-state index contributed by atoms with van der Waals surface area (Å²) in [6, 6.07) is 1.88. The summed E-state index contributed by atoms with van der Waals surface area (Å²) >= 11 is 0. The first kappa shape index (κ1) is 30.4. The molecule has 226 valence electrons. The summed E-state index contributed by atoms with van der Waals surface area (Å²) in [5, 5.41) is 17.2. The molecule has 0 saturated heterocycles. The normalized spacial score (nSPS) is 14.5. The highest BCUT2D eigenvalue weighted by molar-refractivity contribution is 5.98. The zero-order chi connectivity index (χ0) is 30.4. The van der Waals surface area contributed by atoms with Crippen molar-refractivity contribution >= 4 is 29.3 Å². The molecule has 0 aromatic carbocycles. The molecular formula is C27H36FN9O5. The molecule has 0 spiro atoms. The van der Waals surface area contributed by atoms with E-state index in [1.165, 1.54) is 23.4 Å². The minimum Gasteiger partial charge on any atom is -0.474 e. The molecule has 0 bridgehead atoms. The number of methoxy groups -OCH3 is 1. The molecule has 1 unspecified atom stereocenters. The van der Waals surface area contributed by atoms with Crippen LogP contribution in [0.15, 0.2) is 30.7 Å². The van der Waals surface area contributed by atoms with Gasteiger partial charge in [0.1, 0.15) is 23.7 Å². The third-order valence-corrected chi connectivity index (χ3v) is 6.21. The van der Waals surface area contributed by atoms with Gasteiger partial charge in [-0.15, -0.1) is 4.80 Å². The predicted molar refractivity (Wildman–Crippen MR) is 151 cm³/mol. The third-order valence-electron chi connectivity index (χ3n) is 6.21. The van der Waals surface area contributed by atoms with Crippen LogP contribution in [0.5, 0.6) is 5.88 Å².